The molecule has 3 fully saturated rings. The number of esters is 1. The van der Waals surface area contributed by atoms with Gasteiger partial charge in [0.25, 0.3) is 0 Å². The Bertz CT molecular complexity index is 1120. The number of carbonyl (C=O) groups is 4. The quantitative estimate of drug-likeness (QED) is 0.289. The zero-order valence-electron chi connectivity index (χ0n) is 29.4. The predicted octanol–water partition coefficient (Wildman–Crippen LogP) is 3.93. The van der Waals surface area contributed by atoms with Gasteiger partial charge in [-0.05, 0) is 82.1 Å². The van der Waals surface area contributed by atoms with E-state index in [1.165, 1.54) is 32.4 Å². The molecule has 1 aromatic rings. The fraction of sp³-hybridized carbons (Fsp3) is 0.722. The Morgan fingerprint density at radius 2 is 1.59 bits per heavy atom. The van der Waals surface area contributed by atoms with Gasteiger partial charge in [0.2, 0.25) is 18.2 Å². The zero-order chi connectivity index (χ0) is 33.9. The van der Waals surface area contributed by atoms with Crippen molar-refractivity contribution in [1.29, 1.82) is 0 Å². The van der Waals surface area contributed by atoms with E-state index in [1.807, 2.05) is 51.1 Å². The van der Waals surface area contributed by atoms with E-state index in [-0.39, 0.29) is 42.4 Å². The summed E-state index contributed by atoms with van der Waals surface area (Å²) in [4.78, 5) is 59.4. The summed E-state index contributed by atoms with van der Waals surface area (Å²) in [6, 6.07) is 7.86. The van der Waals surface area contributed by atoms with E-state index >= 15 is 0 Å². The van der Waals surface area contributed by atoms with E-state index in [9.17, 15) is 19.2 Å². The van der Waals surface area contributed by atoms with Crippen molar-refractivity contribution in [3.8, 4) is 0 Å². The van der Waals surface area contributed by atoms with Gasteiger partial charge in [-0.15, -0.1) is 0 Å². The van der Waals surface area contributed by atoms with Crippen LogP contribution in [0.1, 0.15) is 85.1 Å². The molecule has 258 valence electrons. The Balaban J connectivity index is 0.000000724. The van der Waals surface area contributed by atoms with E-state index in [0.717, 1.165) is 31.4 Å². The number of ether oxygens (including phenoxy) is 1. The van der Waals surface area contributed by atoms with Gasteiger partial charge in [0.15, 0.2) is 0 Å². The van der Waals surface area contributed by atoms with E-state index in [4.69, 9.17) is 4.74 Å². The minimum atomic E-state index is -0.649. The summed E-state index contributed by atoms with van der Waals surface area (Å²) in [6.45, 7) is 14.6. The summed E-state index contributed by atoms with van der Waals surface area (Å²) >= 11 is 0. The van der Waals surface area contributed by atoms with Gasteiger partial charge in [-0.2, -0.15) is 0 Å². The lowest BCUT2D eigenvalue weighted by Gasteiger charge is -2.40. The molecule has 1 aromatic carbocycles. The molecule has 0 aromatic heterocycles. The molecule has 10 heteroatoms. The molecule has 3 saturated heterocycles. The number of likely N-dealkylation sites (N-methyl/N-ethyl adjacent to an activating group) is 1. The number of amides is 3. The highest BCUT2D eigenvalue weighted by Gasteiger charge is 2.43. The Morgan fingerprint density at radius 1 is 0.957 bits per heavy atom. The van der Waals surface area contributed by atoms with Crippen LogP contribution in [0.4, 0.5) is 0 Å². The molecular formula is C36H59N5O5. The maximum absolute atomic E-state index is 13.8. The molecule has 3 aliphatic heterocycles. The first-order valence-corrected chi connectivity index (χ1v) is 17.2. The molecule has 0 radical (unpaired) electrons. The standard InChI is InChI=1S/C30H46N4O5.C6H13N/c1-21(2)25(32(6)28(37)26(31-20-35)30(3,4)5)18-33-16-10-14-23(33)27(36)34-17-11-15-24(34)29(38)39-19-22-12-8-7-9-13-22;1-7-5-3-2-4-6-7/h7-9,12-13,20-21,23-26H,10-11,14-19H2,1-6H3,(H,31,35);2-6H2,1H3/t23-,24?,25+,26+;/m0./s1. The molecule has 0 aliphatic carbocycles. The van der Waals surface area contributed by atoms with Crippen molar-refractivity contribution in [2.75, 3.05) is 46.8 Å². The van der Waals surface area contributed by atoms with Gasteiger partial charge in [0.05, 0.1) is 6.04 Å². The van der Waals surface area contributed by atoms with Gasteiger partial charge < -0.3 is 24.8 Å². The molecule has 3 amide bonds. The van der Waals surface area contributed by atoms with Crippen molar-refractivity contribution in [2.45, 2.75) is 110 Å². The first-order valence-electron chi connectivity index (χ1n) is 17.2. The zero-order valence-corrected chi connectivity index (χ0v) is 29.4. The highest BCUT2D eigenvalue weighted by Crippen LogP contribution is 2.28. The highest BCUT2D eigenvalue weighted by atomic mass is 16.5. The molecule has 10 nitrogen and oxygen atoms in total. The molecule has 4 rings (SSSR count). The molecule has 1 N–H and O–H groups in total. The normalized spacial score (nSPS) is 22.0. The third kappa shape index (κ3) is 10.5. The Morgan fingerprint density at radius 3 is 2.15 bits per heavy atom. The highest BCUT2D eigenvalue weighted by molar-refractivity contribution is 5.88. The predicted molar refractivity (Wildman–Crippen MR) is 181 cm³/mol. The summed E-state index contributed by atoms with van der Waals surface area (Å²) < 4.78 is 5.58. The second-order valence-electron chi connectivity index (χ2n) is 14.6. The molecule has 3 heterocycles. The number of piperidine rings is 1. The van der Waals surface area contributed by atoms with E-state index < -0.39 is 17.5 Å². The second-order valence-corrected chi connectivity index (χ2v) is 14.6. The first-order chi connectivity index (χ1) is 21.8. The van der Waals surface area contributed by atoms with Crippen LogP contribution in [0.25, 0.3) is 0 Å². The monoisotopic (exact) mass is 641 g/mol. The van der Waals surface area contributed by atoms with Crippen molar-refractivity contribution in [2.24, 2.45) is 11.3 Å². The number of likely N-dealkylation sites (tertiary alicyclic amines) is 3. The maximum Gasteiger partial charge on any atom is 0.329 e. The topological polar surface area (TPSA) is 103 Å². The van der Waals surface area contributed by atoms with Gasteiger partial charge in [0, 0.05) is 26.2 Å². The largest absolute Gasteiger partial charge is 0.459 e. The van der Waals surface area contributed by atoms with Crippen LogP contribution in [-0.2, 0) is 30.5 Å². The summed E-state index contributed by atoms with van der Waals surface area (Å²) in [7, 11) is 3.98. The van der Waals surface area contributed by atoms with Crippen LogP contribution in [0.3, 0.4) is 0 Å². The van der Waals surface area contributed by atoms with Gasteiger partial charge in [-0.1, -0.05) is 71.4 Å². The summed E-state index contributed by atoms with van der Waals surface area (Å²) in [5.41, 5.74) is 0.471. The Kier molecular flexibility index (Phi) is 14.5. The molecule has 3 aliphatic rings. The van der Waals surface area contributed by atoms with Crippen LogP contribution in [0.5, 0.6) is 0 Å². The molecule has 1 unspecified atom stereocenters. The average molecular weight is 642 g/mol. The lowest BCUT2D eigenvalue weighted by molar-refractivity contribution is -0.156. The molecule has 0 saturated carbocycles. The van der Waals surface area contributed by atoms with Crippen LogP contribution in [0.2, 0.25) is 0 Å². The van der Waals surface area contributed by atoms with Gasteiger partial charge >= 0.3 is 5.97 Å². The fourth-order valence-corrected chi connectivity index (χ4v) is 6.82. The maximum atomic E-state index is 13.8. The van der Waals surface area contributed by atoms with Gasteiger partial charge in [0.1, 0.15) is 18.7 Å². The third-order valence-corrected chi connectivity index (χ3v) is 9.64. The lowest BCUT2D eigenvalue weighted by Crippen LogP contribution is -2.58. The van der Waals surface area contributed by atoms with Crippen LogP contribution >= 0.6 is 0 Å². The van der Waals surface area contributed by atoms with Crippen molar-refractivity contribution < 1.29 is 23.9 Å². The number of hydrogen-bond acceptors (Lipinski definition) is 7. The molecule has 0 bridgehead atoms. The molecular weight excluding hydrogens is 582 g/mol. The van der Waals surface area contributed by atoms with Crippen LogP contribution in [0.15, 0.2) is 30.3 Å². The number of nitrogens with zero attached hydrogens (tertiary/aromatic N) is 4. The minimum Gasteiger partial charge on any atom is -0.459 e. The number of nitrogens with one attached hydrogen (secondary N) is 1. The fourth-order valence-electron chi connectivity index (χ4n) is 6.82. The molecule has 4 atom stereocenters. The first kappa shape index (κ1) is 37.5. The lowest BCUT2D eigenvalue weighted by atomic mass is 9.85. The Labute approximate surface area is 277 Å². The van der Waals surface area contributed by atoms with Crippen molar-refractivity contribution in [3.63, 3.8) is 0 Å². The number of rotatable bonds is 11. The SMILES string of the molecule is CC(C)[C@@H](CN1CCC[C@H]1C(=O)N1CCCC1C(=O)OCc1ccccc1)N(C)C(=O)[C@@H](NC=O)C(C)(C)C.CN1CCCCC1. The van der Waals surface area contributed by atoms with E-state index in [0.29, 0.717) is 25.9 Å². The number of benzene rings is 1. The average Bonchev–Trinajstić information content (AvgIpc) is 3.71. The van der Waals surface area contributed by atoms with E-state index in [2.05, 4.69) is 36.0 Å². The summed E-state index contributed by atoms with van der Waals surface area (Å²) in [5.74, 6) is -0.385. The van der Waals surface area contributed by atoms with E-state index in [1.54, 1.807) is 16.8 Å². The van der Waals surface area contributed by atoms with Crippen molar-refractivity contribution in [1.82, 2.24) is 24.9 Å². The minimum absolute atomic E-state index is 0.0293. The van der Waals surface area contributed by atoms with Crippen LogP contribution in [-0.4, -0.2) is 115 Å². The van der Waals surface area contributed by atoms with Crippen molar-refractivity contribution >= 4 is 24.2 Å². The summed E-state index contributed by atoms with van der Waals surface area (Å²) in [6.07, 6.45) is 7.84. The summed E-state index contributed by atoms with van der Waals surface area (Å²) in [5, 5.41) is 2.70. The number of carbonyl (C=O) groups excluding carboxylic acids is 4. The van der Waals surface area contributed by atoms with Crippen LogP contribution in [0, 0.1) is 11.3 Å². The molecule has 0 spiro atoms. The second kappa shape index (κ2) is 17.8. The third-order valence-electron chi connectivity index (χ3n) is 9.64. The molecule has 46 heavy (non-hydrogen) atoms. The number of hydrogen-bond donors (Lipinski definition) is 1. The smallest absolute Gasteiger partial charge is 0.329 e. The van der Waals surface area contributed by atoms with Crippen molar-refractivity contribution in [3.05, 3.63) is 35.9 Å². The van der Waals surface area contributed by atoms with Gasteiger partial charge in [-0.25, -0.2) is 4.79 Å². The van der Waals surface area contributed by atoms with Gasteiger partial charge in [-0.3, -0.25) is 19.3 Å². The van der Waals surface area contributed by atoms with Crippen LogP contribution < -0.4 is 5.32 Å². The Hall–Kier alpha value is -2.98.